The van der Waals surface area contributed by atoms with E-state index in [2.05, 4.69) is 52.0 Å². The predicted octanol–water partition coefficient (Wildman–Crippen LogP) is 4.21. The van der Waals surface area contributed by atoms with Crippen LogP contribution in [0.5, 0.6) is 11.5 Å². The van der Waals surface area contributed by atoms with E-state index in [0.717, 1.165) is 36.7 Å². The molecule has 2 aromatic rings. The van der Waals surface area contributed by atoms with Gasteiger partial charge in [-0.3, -0.25) is 4.99 Å². The fraction of sp³-hybridized carbons (Fsp3) is 0.480. The van der Waals surface area contributed by atoms with Gasteiger partial charge in [0.2, 0.25) is 0 Å². The number of rotatable bonds is 7. The number of aliphatic imine (C=N–C) groups is 1. The molecule has 31 heavy (non-hydrogen) atoms. The van der Waals surface area contributed by atoms with Gasteiger partial charge in [0, 0.05) is 32.7 Å². The van der Waals surface area contributed by atoms with E-state index in [-0.39, 0.29) is 11.6 Å². The monoisotopic (exact) mass is 423 g/mol. The van der Waals surface area contributed by atoms with E-state index in [1.54, 1.807) is 7.11 Å². The summed E-state index contributed by atoms with van der Waals surface area (Å²) in [6, 6.07) is 16.7. The molecule has 2 aliphatic rings. The van der Waals surface area contributed by atoms with Gasteiger partial charge in [-0.05, 0) is 49.4 Å². The molecule has 2 N–H and O–H groups in total. The van der Waals surface area contributed by atoms with E-state index in [1.165, 1.54) is 24.0 Å². The minimum absolute atomic E-state index is 0.0382. The Morgan fingerprint density at radius 2 is 1.87 bits per heavy atom. The number of benzene rings is 2. The second kappa shape index (κ2) is 10.1. The molecule has 6 heteroatoms. The van der Waals surface area contributed by atoms with Gasteiger partial charge in [-0.15, -0.1) is 0 Å². The average Bonchev–Trinajstić information content (AvgIpc) is 3.24. The third-order valence-corrected chi connectivity index (χ3v) is 6.19. The van der Waals surface area contributed by atoms with E-state index in [4.69, 9.17) is 14.2 Å². The van der Waals surface area contributed by atoms with Gasteiger partial charge >= 0.3 is 0 Å². The van der Waals surface area contributed by atoms with Gasteiger partial charge in [-0.2, -0.15) is 0 Å². The van der Waals surface area contributed by atoms with Gasteiger partial charge < -0.3 is 24.8 Å². The van der Waals surface area contributed by atoms with Crippen molar-refractivity contribution >= 4 is 5.96 Å². The third-order valence-electron chi connectivity index (χ3n) is 6.19. The quantitative estimate of drug-likeness (QED) is 0.397. The fourth-order valence-electron chi connectivity index (χ4n) is 4.56. The molecule has 6 nitrogen and oxygen atoms in total. The molecular formula is C25H33N3O3. The summed E-state index contributed by atoms with van der Waals surface area (Å²) in [5.41, 5.74) is 2.34. The van der Waals surface area contributed by atoms with Crippen LogP contribution in [0.15, 0.2) is 53.5 Å². The summed E-state index contributed by atoms with van der Waals surface area (Å²) in [7, 11) is 3.49. The highest BCUT2D eigenvalue weighted by Crippen LogP contribution is 2.46. The van der Waals surface area contributed by atoms with Crippen molar-refractivity contribution < 1.29 is 14.2 Å². The Bertz CT molecular complexity index is 876. The van der Waals surface area contributed by atoms with Crippen LogP contribution in [0.1, 0.15) is 49.3 Å². The van der Waals surface area contributed by atoms with Crippen LogP contribution in [-0.4, -0.2) is 38.9 Å². The maximum Gasteiger partial charge on any atom is 0.191 e. The van der Waals surface area contributed by atoms with Crippen molar-refractivity contribution in [1.82, 2.24) is 10.6 Å². The number of hydrogen-bond donors (Lipinski definition) is 2. The van der Waals surface area contributed by atoms with Crippen molar-refractivity contribution in [2.24, 2.45) is 4.99 Å². The Labute approximate surface area is 185 Å². The fourth-order valence-corrected chi connectivity index (χ4v) is 4.56. The van der Waals surface area contributed by atoms with Crippen molar-refractivity contribution in [3.63, 3.8) is 0 Å². The Balaban J connectivity index is 1.37. The molecule has 1 spiro atoms. The summed E-state index contributed by atoms with van der Waals surface area (Å²) in [4.78, 5) is 4.47. The molecule has 0 saturated heterocycles. The third kappa shape index (κ3) is 5.31. The van der Waals surface area contributed by atoms with Crippen LogP contribution < -0.4 is 20.1 Å². The molecule has 4 rings (SSSR count). The zero-order chi connectivity index (χ0) is 21.5. The van der Waals surface area contributed by atoms with Crippen LogP contribution in [0.4, 0.5) is 0 Å². The summed E-state index contributed by atoms with van der Waals surface area (Å²) in [6.07, 6.45) is 5.72. The lowest BCUT2D eigenvalue weighted by Crippen LogP contribution is -2.46. The van der Waals surface area contributed by atoms with Crippen LogP contribution in [-0.2, 0) is 11.3 Å². The minimum Gasteiger partial charge on any atom is -0.491 e. The molecule has 0 radical (unpaired) electrons. The first-order valence-electron chi connectivity index (χ1n) is 11.2. The largest absolute Gasteiger partial charge is 0.491 e. The molecule has 0 aromatic heterocycles. The Morgan fingerprint density at radius 3 is 2.61 bits per heavy atom. The van der Waals surface area contributed by atoms with Crippen LogP contribution in [0.3, 0.4) is 0 Å². The van der Waals surface area contributed by atoms with E-state index in [1.807, 2.05) is 19.2 Å². The van der Waals surface area contributed by atoms with Crippen LogP contribution in [0, 0.1) is 0 Å². The molecule has 2 aromatic carbocycles. The molecule has 1 unspecified atom stereocenters. The lowest BCUT2D eigenvalue weighted by molar-refractivity contribution is 0.0396. The summed E-state index contributed by atoms with van der Waals surface area (Å²) >= 11 is 0. The number of ether oxygens (including phenoxy) is 3. The van der Waals surface area contributed by atoms with Crippen molar-refractivity contribution in [2.45, 2.75) is 50.3 Å². The van der Waals surface area contributed by atoms with E-state index in [0.29, 0.717) is 19.8 Å². The molecule has 1 aliphatic carbocycles. The normalized spacial score (nSPS) is 19.5. The highest BCUT2D eigenvalue weighted by atomic mass is 16.5. The maximum atomic E-state index is 6.48. The number of hydrogen-bond acceptors (Lipinski definition) is 4. The molecule has 1 atom stereocenters. The highest BCUT2D eigenvalue weighted by Gasteiger charge is 2.43. The molecule has 1 fully saturated rings. The van der Waals surface area contributed by atoms with Crippen LogP contribution >= 0.6 is 0 Å². The number of para-hydroxylation sites is 1. The number of fused-ring (bicyclic) bond motifs is 1. The van der Waals surface area contributed by atoms with Gasteiger partial charge in [0.05, 0.1) is 12.6 Å². The lowest BCUT2D eigenvalue weighted by Gasteiger charge is -2.40. The first-order chi connectivity index (χ1) is 15.2. The Morgan fingerprint density at radius 1 is 1.10 bits per heavy atom. The molecular weight excluding hydrogens is 390 g/mol. The topological polar surface area (TPSA) is 64.1 Å². The summed E-state index contributed by atoms with van der Waals surface area (Å²) < 4.78 is 17.1. The van der Waals surface area contributed by atoms with Crippen LogP contribution in [0.25, 0.3) is 0 Å². The van der Waals surface area contributed by atoms with Crippen molar-refractivity contribution in [3.05, 3.63) is 59.7 Å². The van der Waals surface area contributed by atoms with Crippen LogP contribution in [0.2, 0.25) is 0 Å². The van der Waals surface area contributed by atoms with E-state index >= 15 is 0 Å². The second-order valence-corrected chi connectivity index (χ2v) is 8.34. The summed E-state index contributed by atoms with van der Waals surface area (Å²) in [5.74, 6) is 2.66. The number of methoxy groups -OCH3 is 1. The zero-order valence-corrected chi connectivity index (χ0v) is 18.5. The molecule has 1 saturated carbocycles. The number of nitrogens with zero attached hydrogens (tertiary/aromatic N) is 1. The van der Waals surface area contributed by atoms with E-state index in [9.17, 15) is 0 Å². The van der Waals surface area contributed by atoms with Gasteiger partial charge in [-0.1, -0.05) is 30.3 Å². The van der Waals surface area contributed by atoms with Crippen molar-refractivity contribution in [1.29, 1.82) is 0 Å². The minimum atomic E-state index is -0.0382. The van der Waals surface area contributed by atoms with Crippen molar-refractivity contribution in [2.75, 3.05) is 27.4 Å². The SMILES string of the molecule is CN=C(NCc1ccc(OCCOC)cc1)NC1CC2(CCCC2)Oc2ccccc21. The van der Waals surface area contributed by atoms with E-state index < -0.39 is 0 Å². The lowest BCUT2D eigenvalue weighted by atomic mass is 9.86. The predicted molar refractivity (Wildman–Crippen MR) is 123 cm³/mol. The van der Waals surface area contributed by atoms with Crippen molar-refractivity contribution in [3.8, 4) is 11.5 Å². The second-order valence-electron chi connectivity index (χ2n) is 8.34. The smallest absolute Gasteiger partial charge is 0.191 e. The summed E-state index contributed by atoms with van der Waals surface area (Å²) in [6.45, 7) is 1.83. The van der Waals surface area contributed by atoms with Gasteiger partial charge in [-0.25, -0.2) is 0 Å². The summed E-state index contributed by atoms with van der Waals surface area (Å²) in [5, 5.41) is 7.10. The Kier molecular flexibility index (Phi) is 6.97. The standard InChI is InChI=1S/C25H33N3O3/c1-26-24(27-18-19-9-11-20(12-10-19)30-16-15-29-2)28-22-17-25(13-5-6-14-25)31-23-8-4-3-7-21(22)23/h3-4,7-12,22H,5-6,13-18H2,1-2H3,(H2,26,27,28). The molecule has 0 amide bonds. The molecule has 1 aliphatic heterocycles. The Hall–Kier alpha value is -2.73. The average molecular weight is 424 g/mol. The number of nitrogens with one attached hydrogen (secondary N) is 2. The first-order valence-corrected chi connectivity index (χ1v) is 11.2. The molecule has 0 bridgehead atoms. The molecule has 1 heterocycles. The van der Waals surface area contributed by atoms with Gasteiger partial charge in [0.15, 0.2) is 5.96 Å². The number of guanidine groups is 1. The van der Waals surface area contributed by atoms with Gasteiger partial charge in [0.1, 0.15) is 23.7 Å². The highest BCUT2D eigenvalue weighted by molar-refractivity contribution is 5.80. The first kappa shape index (κ1) is 21.5. The van der Waals surface area contributed by atoms with Gasteiger partial charge in [0.25, 0.3) is 0 Å². The maximum absolute atomic E-state index is 6.48. The molecule has 166 valence electrons. The zero-order valence-electron chi connectivity index (χ0n) is 18.5.